The quantitative estimate of drug-likeness (QED) is 0.593. The lowest BCUT2D eigenvalue weighted by Crippen LogP contribution is -2.27. The zero-order valence-corrected chi connectivity index (χ0v) is 9.67. The first-order valence-electron chi connectivity index (χ1n) is 4.17. The molecule has 0 aromatic heterocycles. The van der Waals surface area contributed by atoms with Crippen LogP contribution in [-0.4, -0.2) is 46.1 Å². The summed E-state index contributed by atoms with van der Waals surface area (Å²) in [6, 6.07) is 0. The highest BCUT2D eigenvalue weighted by Gasteiger charge is 2.24. The molecule has 0 amide bonds. The number of carbonyl (C=O) groups is 2. The van der Waals surface area contributed by atoms with Crippen molar-refractivity contribution in [3.05, 3.63) is 0 Å². The van der Waals surface area contributed by atoms with Crippen molar-refractivity contribution in [3.8, 4) is 0 Å². The van der Waals surface area contributed by atoms with E-state index in [0.29, 0.717) is 0 Å². The predicted octanol–water partition coefficient (Wildman–Crippen LogP) is -0.617. The molecule has 0 radical (unpaired) electrons. The van der Waals surface area contributed by atoms with E-state index < -0.39 is 39.2 Å². The lowest BCUT2D eigenvalue weighted by atomic mass is 10.2. The molecule has 0 aliphatic heterocycles. The maximum absolute atomic E-state index is 11.3. The Morgan fingerprint density at radius 3 is 2.13 bits per heavy atom. The van der Waals surface area contributed by atoms with Gasteiger partial charge in [0.1, 0.15) is 5.75 Å². The first kappa shape index (κ1) is 13.9. The van der Waals surface area contributed by atoms with Crippen LogP contribution in [0.2, 0.25) is 0 Å². The summed E-state index contributed by atoms with van der Waals surface area (Å²) in [5.41, 5.74) is 0. The van der Waals surface area contributed by atoms with E-state index in [0.717, 1.165) is 7.11 Å². The summed E-state index contributed by atoms with van der Waals surface area (Å²) < 4.78 is 31.2. The number of methoxy groups -OCH3 is 2. The lowest BCUT2D eigenvalue weighted by molar-refractivity contribution is -0.144. The highest BCUT2D eigenvalue weighted by molar-refractivity contribution is 7.92. The van der Waals surface area contributed by atoms with Crippen molar-refractivity contribution in [2.45, 2.75) is 6.92 Å². The molecule has 6 nitrogen and oxygen atoms in total. The Morgan fingerprint density at radius 2 is 1.73 bits per heavy atom. The minimum absolute atomic E-state index is 0.422. The molecule has 0 aromatic rings. The zero-order valence-electron chi connectivity index (χ0n) is 8.85. The maximum Gasteiger partial charge on any atom is 0.320 e. The summed E-state index contributed by atoms with van der Waals surface area (Å²) in [5, 5.41) is 0. The number of carbonyl (C=O) groups excluding carboxylic acids is 2. The average Bonchev–Trinajstić information content (AvgIpc) is 2.14. The monoisotopic (exact) mass is 238 g/mol. The van der Waals surface area contributed by atoms with E-state index in [-0.39, 0.29) is 0 Å². The summed E-state index contributed by atoms with van der Waals surface area (Å²) in [6.07, 6.45) is 0. The molecule has 0 aliphatic rings. The van der Waals surface area contributed by atoms with E-state index in [1.807, 2.05) is 0 Å². The van der Waals surface area contributed by atoms with Gasteiger partial charge in [-0.25, -0.2) is 8.42 Å². The molecule has 0 aliphatic carbocycles. The Labute approximate surface area is 88.5 Å². The van der Waals surface area contributed by atoms with Gasteiger partial charge in [-0.2, -0.15) is 0 Å². The first-order valence-corrected chi connectivity index (χ1v) is 5.99. The van der Waals surface area contributed by atoms with Crippen LogP contribution < -0.4 is 0 Å². The van der Waals surface area contributed by atoms with Gasteiger partial charge < -0.3 is 9.47 Å². The number of hydrogen-bond donors (Lipinski definition) is 0. The predicted molar refractivity (Wildman–Crippen MR) is 51.8 cm³/mol. The van der Waals surface area contributed by atoms with Gasteiger partial charge in [0.2, 0.25) is 0 Å². The minimum Gasteiger partial charge on any atom is -0.469 e. The fourth-order valence-electron chi connectivity index (χ4n) is 0.948. The number of rotatable bonds is 5. The number of sulfone groups is 1. The van der Waals surface area contributed by atoms with Crippen molar-refractivity contribution in [3.63, 3.8) is 0 Å². The second-order valence-corrected chi connectivity index (χ2v) is 5.16. The van der Waals surface area contributed by atoms with Gasteiger partial charge in [-0.1, -0.05) is 6.92 Å². The molecule has 0 spiro atoms. The van der Waals surface area contributed by atoms with Gasteiger partial charge in [0.25, 0.3) is 0 Å². The molecule has 0 fully saturated rings. The van der Waals surface area contributed by atoms with Crippen LogP contribution in [0.3, 0.4) is 0 Å². The maximum atomic E-state index is 11.3. The van der Waals surface area contributed by atoms with Gasteiger partial charge in [-0.05, 0) is 0 Å². The molecular formula is C8H14O6S. The average molecular weight is 238 g/mol. The molecular weight excluding hydrogens is 224 g/mol. The van der Waals surface area contributed by atoms with Crippen LogP contribution >= 0.6 is 0 Å². The van der Waals surface area contributed by atoms with Gasteiger partial charge in [0, 0.05) is 0 Å². The Bertz CT molecular complexity index is 331. The van der Waals surface area contributed by atoms with Crippen molar-refractivity contribution >= 4 is 21.8 Å². The van der Waals surface area contributed by atoms with Crippen LogP contribution in [-0.2, 0) is 28.9 Å². The van der Waals surface area contributed by atoms with E-state index in [1.54, 1.807) is 0 Å². The van der Waals surface area contributed by atoms with Crippen LogP contribution in [0.15, 0.2) is 0 Å². The van der Waals surface area contributed by atoms with Gasteiger partial charge in [-0.15, -0.1) is 0 Å². The number of hydrogen-bond acceptors (Lipinski definition) is 6. The molecule has 0 heterocycles. The van der Waals surface area contributed by atoms with Gasteiger partial charge in [0.15, 0.2) is 9.84 Å². The highest BCUT2D eigenvalue weighted by Crippen LogP contribution is 2.04. The van der Waals surface area contributed by atoms with Crippen LogP contribution in [0.4, 0.5) is 0 Å². The zero-order chi connectivity index (χ0) is 12.1. The Kier molecular flexibility index (Phi) is 5.27. The van der Waals surface area contributed by atoms with Crippen molar-refractivity contribution in [2.24, 2.45) is 5.92 Å². The van der Waals surface area contributed by atoms with Crippen LogP contribution in [0.1, 0.15) is 6.92 Å². The molecule has 0 bridgehead atoms. The van der Waals surface area contributed by atoms with Gasteiger partial charge in [-0.3, -0.25) is 9.59 Å². The van der Waals surface area contributed by atoms with E-state index in [1.165, 1.54) is 14.0 Å². The molecule has 7 heteroatoms. The second kappa shape index (κ2) is 5.69. The smallest absolute Gasteiger partial charge is 0.320 e. The van der Waals surface area contributed by atoms with E-state index in [9.17, 15) is 18.0 Å². The molecule has 0 saturated heterocycles. The number of ether oxygens (including phenoxy) is 2. The summed E-state index contributed by atoms with van der Waals surface area (Å²) in [6.45, 7) is 1.42. The molecule has 1 unspecified atom stereocenters. The third-order valence-corrected chi connectivity index (χ3v) is 3.36. The fourth-order valence-corrected chi connectivity index (χ4v) is 2.44. The minimum atomic E-state index is -3.62. The summed E-state index contributed by atoms with van der Waals surface area (Å²) in [5.74, 6) is -3.39. The molecule has 88 valence electrons. The van der Waals surface area contributed by atoms with E-state index in [2.05, 4.69) is 9.47 Å². The first-order chi connectivity index (χ1) is 6.82. The molecule has 1 atom stereocenters. The normalized spacial score (nSPS) is 13.0. The Hall–Kier alpha value is -1.11. The van der Waals surface area contributed by atoms with E-state index >= 15 is 0 Å². The summed E-state index contributed by atoms with van der Waals surface area (Å²) >= 11 is 0. The SMILES string of the molecule is COC(=O)CS(=O)(=O)CC(C)C(=O)OC. The largest absolute Gasteiger partial charge is 0.469 e. The van der Waals surface area contributed by atoms with Crippen molar-refractivity contribution < 1.29 is 27.5 Å². The van der Waals surface area contributed by atoms with Crippen molar-refractivity contribution in [1.29, 1.82) is 0 Å². The molecule has 0 saturated carbocycles. The fraction of sp³-hybridized carbons (Fsp3) is 0.750. The Morgan fingerprint density at radius 1 is 1.20 bits per heavy atom. The third kappa shape index (κ3) is 5.36. The molecule has 0 rings (SSSR count). The Balaban J connectivity index is 4.39. The van der Waals surface area contributed by atoms with Crippen LogP contribution in [0.5, 0.6) is 0 Å². The lowest BCUT2D eigenvalue weighted by Gasteiger charge is -2.08. The summed E-state index contributed by atoms with van der Waals surface area (Å²) in [4.78, 5) is 21.7. The molecule has 0 aromatic carbocycles. The summed E-state index contributed by atoms with van der Waals surface area (Å²) in [7, 11) is -1.35. The topological polar surface area (TPSA) is 86.7 Å². The second-order valence-electron chi connectivity index (χ2n) is 3.05. The highest BCUT2D eigenvalue weighted by atomic mass is 32.2. The van der Waals surface area contributed by atoms with Crippen molar-refractivity contribution in [2.75, 3.05) is 25.7 Å². The third-order valence-electron chi connectivity index (χ3n) is 1.67. The number of esters is 2. The van der Waals surface area contributed by atoms with E-state index in [4.69, 9.17) is 0 Å². The molecule has 15 heavy (non-hydrogen) atoms. The van der Waals surface area contributed by atoms with Crippen LogP contribution in [0.25, 0.3) is 0 Å². The van der Waals surface area contributed by atoms with Crippen molar-refractivity contribution in [1.82, 2.24) is 0 Å². The molecule has 0 N–H and O–H groups in total. The van der Waals surface area contributed by atoms with Gasteiger partial charge >= 0.3 is 11.9 Å². The van der Waals surface area contributed by atoms with Gasteiger partial charge in [0.05, 0.1) is 25.9 Å². The standard InChI is InChI=1S/C8H14O6S/c1-6(8(10)14-3)4-15(11,12)5-7(9)13-2/h6H,4-5H2,1-3H3. The van der Waals surface area contributed by atoms with Crippen LogP contribution in [0, 0.1) is 5.92 Å².